The third-order valence-corrected chi connectivity index (χ3v) is 4.93. The smallest absolute Gasteiger partial charge is 0.260 e. The predicted molar refractivity (Wildman–Crippen MR) is 95.1 cm³/mol. The summed E-state index contributed by atoms with van der Waals surface area (Å²) in [4.78, 5) is 21.5. The Kier molecular flexibility index (Phi) is 3.84. The Morgan fingerprint density at radius 2 is 1.96 bits per heavy atom. The zero-order chi connectivity index (χ0) is 16.5. The van der Waals surface area contributed by atoms with Gasteiger partial charge < -0.3 is 0 Å². The molecule has 2 aromatic carbocycles. The first-order valence-corrected chi connectivity index (χ1v) is 8.37. The van der Waals surface area contributed by atoms with Crippen molar-refractivity contribution in [3.05, 3.63) is 76.3 Å². The van der Waals surface area contributed by atoms with Crippen molar-refractivity contribution in [1.82, 2.24) is 19.7 Å². The van der Waals surface area contributed by atoms with Gasteiger partial charge in [0.05, 0.1) is 15.9 Å². The van der Waals surface area contributed by atoms with Gasteiger partial charge in [0.25, 0.3) is 5.56 Å². The van der Waals surface area contributed by atoms with Crippen molar-refractivity contribution in [3.63, 3.8) is 0 Å². The van der Waals surface area contributed by atoms with Gasteiger partial charge in [0.2, 0.25) is 5.95 Å². The van der Waals surface area contributed by atoms with Crippen LogP contribution in [0.2, 0.25) is 5.02 Å². The number of hydrogen-bond donors (Lipinski definition) is 1. The van der Waals surface area contributed by atoms with E-state index in [0.717, 1.165) is 9.79 Å². The molecule has 1 N–H and O–H groups in total. The van der Waals surface area contributed by atoms with Gasteiger partial charge in [0.1, 0.15) is 0 Å². The number of nitrogens with one attached hydrogen (secondary N) is 1. The molecular weight excluding hydrogens is 344 g/mol. The first-order valence-electron chi connectivity index (χ1n) is 7.17. The molecule has 0 unspecified atom stereocenters. The number of fused-ring (bicyclic) bond motifs is 1. The molecule has 2 aromatic heterocycles. The molecule has 0 spiro atoms. The van der Waals surface area contributed by atoms with E-state index in [-0.39, 0.29) is 5.56 Å². The van der Waals surface area contributed by atoms with E-state index < -0.39 is 0 Å². The lowest BCUT2D eigenvalue weighted by Gasteiger charge is -2.07. The maximum Gasteiger partial charge on any atom is 0.260 e. The third kappa shape index (κ3) is 2.81. The summed E-state index contributed by atoms with van der Waals surface area (Å²) in [5.74, 6) is 0.358. The van der Waals surface area contributed by atoms with E-state index in [9.17, 15) is 4.79 Å². The molecule has 0 atom stereocenters. The van der Waals surface area contributed by atoms with Crippen molar-refractivity contribution in [2.75, 3.05) is 0 Å². The number of benzene rings is 2. The Morgan fingerprint density at radius 3 is 2.71 bits per heavy atom. The molecule has 0 saturated heterocycles. The van der Waals surface area contributed by atoms with Crippen LogP contribution in [0.3, 0.4) is 0 Å². The van der Waals surface area contributed by atoms with E-state index in [4.69, 9.17) is 11.6 Å². The van der Waals surface area contributed by atoms with Crippen molar-refractivity contribution in [2.45, 2.75) is 9.79 Å². The quantitative estimate of drug-likeness (QED) is 0.605. The maximum absolute atomic E-state index is 12.4. The second kappa shape index (κ2) is 6.14. The first-order chi connectivity index (χ1) is 11.7. The average Bonchev–Trinajstić information content (AvgIpc) is 3.11. The lowest BCUT2D eigenvalue weighted by Crippen LogP contribution is -2.13. The second-order valence-electron chi connectivity index (χ2n) is 5.06. The summed E-state index contributed by atoms with van der Waals surface area (Å²) in [5, 5.41) is 5.13. The van der Waals surface area contributed by atoms with Gasteiger partial charge in [-0.3, -0.25) is 9.78 Å². The van der Waals surface area contributed by atoms with E-state index in [1.807, 2.05) is 30.3 Å². The lowest BCUT2D eigenvalue weighted by atomic mass is 10.2. The van der Waals surface area contributed by atoms with E-state index in [0.29, 0.717) is 21.9 Å². The van der Waals surface area contributed by atoms with Crippen LogP contribution in [0.4, 0.5) is 0 Å². The molecule has 0 aliphatic heterocycles. The molecule has 4 rings (SSSR count). The van der Waals surface area contributed by atoms with Crippen molar-refractivity contribution in [1.29, 1.82) is 0 Å². The number of aromatic nitrogens is 4. The van der Waals surface area contributed by atoms with Crippen LogP contribution in [0.1, 0.15) is 0 Å². The van der Waals surface area contributed by atoms with Gasteiger partial charge >= 0.3 is 0 Å². The number of hydrogen-bond acceptors (Lipinski definition) is 4. The van der Waals surface area contributed by atoms with Crippen LogP contribution in [-0.4, -0.2) is 19.7 Å². The van der Waals surface area contributed by atoms with Crippen molar-refractivity contribution < 1.29 is 0 Å². The number of aromatic amines is 1. The highest BCUT2D eigenvalue weighted by Crippen LogP contribution is 2.34. The number of rotatable bonds is 3. The van der Waals surface area contributed by atoms with Crippen LogP contribution in [0.5, 0.6) is 0 Å². The topological polar surface area (TPSA) is 63.6 Å². The Labute approximate surface area is 146 Å². The van der Waals surface area contributed by atoms with Gasteiger partial charge in [-0.15, -0.1) is 0 Å². The highest BCUT2D eigenvalue weighted by atomic mass is 35.5. The van der Waals surface area contributed by atoms with Gasteiger partial charge in [0.15, 0.2) is 0 Å². The van der Waals surface area contributed by atoms with Crippen molar-refractivity contribution in [3.8, 4) is 5.95 Å². The SMILES string of the molecule is O=c1[nH]c(-n2cccn2)nc2cc(Cl)c(Sc3ccccc3)cc12. The molecular formula is C17H11ClN4OS. The minimum Gasteiger partial charge on any atom is -0.290 e. The standard InChI is InChI=1S/C17H11ClN4OS/c18-13-10-14-12(9-15(13)24-11-5-2-1-3-6-11)16(23)21-17(20-14)22-8-4-7-19-22/h1-10H,(H,20,21,23). The zero-order valence-electron chi connectivity index (χ0n) is 12.3. The predicted octanol–water partition coefficient (Wildman–Crippen LogP) is 3.91. The number of nitrogens with zero attached hydrogens (tertiary/aromatic N) is 3. The molecule has 118 valence electrons. The monoisotopic (exact) mass is 354 g/mol. The molecule has 7 heteroatoms. The third-order valence-electron chi connectivity index (χ3n) is 3.44. The molecule has 0 bridgehead atoms. The summed E-state index contributed by atoms with van der Waals surface area (Å²) in [6, 6.07) is 15.1. The van der Waals surface area contributed by atoms with Crippen LogP contribution in [0.15, 0.2) is 75.5 Å². The molecule has 0 aliphatic rings. The molecule has 2 heterocycles. The Morgan fingerprint density at radius 1 is 1.12 bits per heavy atom. The summed E-state index contributed by atoms with van der Waals surface area (Å²) in [7, 11) is 0. The maximum atomic E-state index is 12.4. The van der Waals surface area contributed by atoms with E-state index >= 15 is 0 Å². The molecule has 5 nitrogen and oxygen atoms in total. The molecule has 0 aliphatic carbocycles. The Hall–Kier alpha value is -2.57. The first kappa shape index (κ1) is 15.0. The molecule has 24 heavy (non-hydrogen) atoms. The minimum atomic E-state index is -0.225. The Balaban J connectivity index is 1.82. The fraction of sp³-hybridized carbons (Fsp3) is 0. The van der Waals surface area contributed by atoms with Crippen LogP contribution in [0.25, 0.3) is 16.9 Å². The normalized spacial score (nSPS) is 11.0. The summed E-state index contributed by atoms with van der Waals surface area (Å²) >= 11 is 7.90. The average molecular weight is 355 g/mol. The van der Waals surface area contributed by atoms with E-state index in [1.54, 1.807) is 30.6 Å². The van der Waals surface area contributed by atoms with Crippen LogP contribution < -0.4 is 5.56 Å². The highest BCUT2D eigenvalue weighted by Gasteiger charge is 2.11. The number of H-pyrrole nitrogens is 1. The van der Waals surface area contributed by atoms with Crippen LogP contribution in [0, 0.1) is 0 Å². The second-order valence-corrected chi connectivity index (χ2v) is 6.58. The van der Waals surface area contributed by atoms with Gasteiger partial charge in [-0.1, -0.05) is 41.6 Å². The zero-order valence-corrected chi connectivity index (χ0v) is 13.9. The fourth-order valence-corrected chi connectivity index (χ4v) is 3.48. The van der Waals surface area contributed by atoms with Crippen LogP contribution >= 0.6 is 23.4 Å². The molecule has 0 radical (unpaired) electrons. The Bertz CT molecular complexity index is 1060. The van der Waals surface area contributed by atoms with Gasteiger partial charge in [-0.2, -0.15) is 5.10 Å². The van der Waals surface area contributed by atoms with Crippen molar-refractivity contribution in [2.24, 2.45) is 0 Å². The van der Waals surface area contributed by atoms with E-state index in [2.05, 4.69) is 15.1 Å². The fourth-order valence-electron chi connectivity index (χ4n) is 2.32. The van der Waals surface area contributed by atoms with Gasteiger partial charge in [-0.05, 0) is 30.3 Å². The van der Waals surface area contributed by atoms with Crippen molar-refractivity contribution >= 4 is 34.3 Å². The molecule has 4 aromatic rings. The number of halogens is 1. The molecule has 0 fully saturated rings. The van der Waals surface area contributed by atoms with E-state index in [1.165, 1.54) is 16.4 Å². The van der Waals surface area contributed by atoms with Gasteiger partial charge in [0, 0.05) is 22.2 Å². The summed E-state index contributed by atoms with van der Waals surface area (Å²) in [5.41, 5.74) is 0.309. The summed E-state index contributed by atoms with van der Waals surface area (Å²) < 4.78 is 1.50. The molecule has 0 amide bonds. The van der Waals surface area contributed by atoms with Gasteiger partial charge in [-0.25, -0.2) is 9.67 Å². The summed E-state index contributed by atoms with van der Waals surface area (Å²) in [6.45, 7) is 0. The highest BCUT2D eigenvalue weighted by molar-refractivity contribution is 7.99. The molecule has 0 saturated carbocycles. The largest absolute Gasteiger partial charge is 0.290 e. The van der Waals surface area contributed by atoms with Crippen LogP contribution in [-0.2, 0) is 0 Å². The summed E-state index contributed by atoms with van der Waals surface area (Å²) in [6.07, 6.45) is 3.34. The lowest BCUT2D eigenvalue weighted by molar-refractivity contribution is 0.810. The minimum absolute atomic E-state index is 0.225.